The Morgan fingerprint density at radius 1 is 1.22 bits per heavy atom. The van der Waals surface area contributed by atoms with Gasteiger partial charge in [-0.1, -0.05) is 6.07 Å². The number of anilines is 1. The Hall–Kier alpha value is -2.12. The Kier molecular flexibility index (Phi) is 6.99. The summed E-state index contributed by atoms with van der Waals surface area (Å²) in [6, 6.07) is 6.55. The van der Waals surface area contributed by atoms with Crippen LogP contribution >= 0.6 is 0 Å². The predicted octanol–water partition coefficient (Wildman–Crippen LogP) is 2.52. The Balaban J connectivity index is 2.66. The molecule has 0 aromatic heterocycles. The van der Waals surface area contributed by atoms with Crippen molar-refractivity contribution in [3.63, 3.8) is 0 Å². The quantitative estimate of drug-likeness (QED) is 0.753. The molecule has 0 heterocycles. The van der Waals surface area contributed by atoms with E-state index in [1.54, 1.807) is 31.2 Å². The highest BCUT2D eigenvalue weighted by atomic mass is 16.7. The van der Waals surface area contributed by atoms with E-state index >= 15 is 0 Å². The maximum Gasteiger partial charge on any atom is 0.412 e. The molecule has 1 aromatic carbocycles. The zero-order chi connectivity index (χ0) is 17.5. The molecule has 0 unspecified atom stereocenters. The molecular weight excluding hydrogens is 300 g/mol. The largest absolute Gasteiger partial charge is 0.412 e. The van der Waals surface area contributed by atoms with Gasteiger partial charge in [0, 0.05) is 32.0 Å². The van der Waals surface area contributed by atoms with E-state index in [1.165, 1.54) is 14.2 Å². The van der Waals surface area contributed by atoms with Gasteiger partial charge in [-0.15, -0.1) is 0 Å². The zero-order valence-corrected chi connectivity index (χ0v) is 14.1. The molecule has 0 atom stereocenters. The average molecular weight is 324 g/mol. The summed E-state index contributed by atoms with van der Waals surface area (Å²) in [6.45, 7) is 5.34. The number of rotatable bonds is 7. The fourth-order valence-corrected chi connectivity index (χ4v) is 1.73. The van der Waals surface area contributed by atoms with Crippen LogP contribution in [0.1, 0.15) is 27.2 Å². The summed E-state index contributed by atoms with van der Waals surface area (Å²) in [5, 5.41) is 5.33. The second-order valence-electron chi connectivity index (χ2n) is 5.48. The van der Waals surface area contributed by atoms with Gasteiger partial charge in [0.2, 0.25) is 5.91 Å². The van der Waals surface area contributed by atoms with Crippen LogP contribution in [0.5, 0.6) is 5.75 Å². The van der Waals surface area contributed by atoms with Crippen molar-refractivity contribution in [2.45, 2.75) is 39.0 Å². The fourth-order valence-electron chi connectivity index (χ4n) is 1.73. The molecule has 0 fully saturated rings. The number of hydrogen-bond donors (Lipinski definition) is 2. The first-order valence-electron chi connectivity index (χ1n) is 7.26. The third kappa shape index (κ3) is 6.66. The van der Waals surface area contributed by atoms with E-state index in [2.05, 4.69) is 10.6 Å². The highest BCUT2D eigenvalue weighted by Gasteiger charge is 2.26. The molecule has 128 valence electrons. The maximum atomic E-state index is 12.0. The van der Waals surface area contributed by atoms with Gasteiger partial charge < -0.3 is 24.8 Å². The van der Waals surface area contributed by atoms with Crippen LogP contribution in [0.2, 0.25) is 0 Å². The lowest BCUT2D eigenvalue weighted by atomic mass is 10.2. The lowest BCUT2D eigenvalue weighted by Gasteiger charge is -2.25. The molecule has 0 saturated heterocycles. The van der Waals surface area contributed by atoms with Gasteiger partial charge in [0.15, 0.2) is 5.79 Å². The Bertz CT molecular complexity index is 541. The fraction of sp³-hybridized carbons (Fsp3) is 0.500. The SMILES string of the molecule is COC(C)(CC(=O)Nc1cccc(OC(=O)NC(C)C)c1)OC. The first kappa shape index (κ1) is 18.9. The summed E-state index contributed by atoms with van der Waals surface area (Å²) in [6.07, 6.45) is -0.520. The molecule has 0 spiro atoms. The first-order valence-corrected chi connectivity index (χ1v) is 7.26. The maximum absolute atomic E-state index is 12.0. The standard InChI is InChI=1S/C16H24N2O5/c1-11(2)17-15(20)23-13-8-6-7-12(9-13)18-14(19)10-16(3,21-4)22-5/h6-9,11H,10H2,1-5H3,(H,17,20)(H,18,19). The second-order valence-corrected chi connectivity index (χ2v) is 5.48. The van der Waals surface area contributed by atoms with Crippen molar-refractivity contribution in [3.05, 3.63) is 24.3 Å². The van der Waals surface area contributed by atoms with Gasteiger partial charge in [-0.3, -0.25) is 4.79 Å². The number of carbonyl (C=O) groups is 2. The minimum Gasteiger partial charge on any atom is -0.410 e. The van der Waals surface area contributed by atoms with E-state index in [0.717, 1.165) is 0 Å². The van der Waals surface area contributed by atoms with Gasteiger partial charge in [-0.25, -0.2) is 4.79 Å². The molecule has 0 radical (unpaired) electrons. The number of nitrogens with one attached hydrogen (secondary N) is 2. The number of methoxy groups -OCH3 is 2. The molecule has 2 N–H and O–H groups in total. The highest BCUT2D eigenvalue weighted by molar-refractivity contribution is 5.91. The monoisotopic (exact) mass is 324 g/mol. The van der Waals surface area contributed by atoms with E-state index in [1.807, 2.05) is 13.8 Å². The third-order valence-corrected chi connectivity index (χ3v) is 3.08. The summed E-state index contributed by atoms with van der Waals surface area (Å²) >= 11 is 0. The van der Waals surface area contributed by atoms with Crippen LogP contribution < -0.4 is 15.4 Å². The summed E-state index contributed by atoms with van der Waals surface area (Å²) in [7, 11) is 2.94. The van der Waals surface area contributed by atoms with Crippen molar-refractivity contribution in [2.75, 3.05) is 19.5 Å². The van der Waals surface area contributed by atoms with Crippen LogP contribution in [0, 0.1) is 0 Å². The Morgan fingerprint density at radius 3 is 2.43 bits per heavy atom. The lowest BCUT2D eigenvalue weighted by Crippen LogP contribution is -2.34. The summed E-state index contributed by atoms with van der Waals surface area (Å²) in [5.74, 6) is -0.933. The van der Waals surface area contributed by atoms with Crippen molar-refractivity contribution in [2.24, 2.45) is 0 Å². The van der Waals surface area contributed by atoms with E-state index in [9.17, 15) is 9.59 Å². The Labute approximate surface area is 136 Å². The molecule has 0 saturated carbocycles. The van der Waals surface area contributed by atoms with E-state index < -0.39 is 11.9 Å². The van der Waals surface area contributed by atoms with Crippen LogP contribution in [-0.2, 0) is 14.3 Å². The number of carbonyl (C=O) groups excluding carboxylic acids is 2. The molecule has 0 aliphatic heterocycles. The molecule has 1 rings (SSSR count). The van der Waals surface area contributed by atoms with E-state index in [0.29, 0.717) is 11.4 Å². The smallest absolute Gasteiger partial charge is 0.410 e. The van der Waals surface area contributed by atoms with Crippen LogP contribution in [0.4, 0.5) is 10.5 Å². The van der Waals surface area contributed by atoms with Crippen LogP contribution in [0.3, 0.4) is 0 Å². The number of benzene rings is 1. The molecular formula is C16H24N2O5. The highest BCUT2D eigenvalue weighted by Crippen LogP contribution is 2.20. The van der Waals surface area contributed by atoms with Crippen LogP contribution in [-0.4, -0.2) is 38.0 Å². The van der Waals surface area contributed by atoms with Gasteiger partial charge in [0.05, 0.1) is 6.42 Å². The topological polar surface area (TPSA) is 85.9 Å². The van der Waals surface area contributed by atoms with Gasteiger partial charge >= 0.3 is 6.09 Å². The van der Waals surface area contributed by atoms with Crippen molar-refractivity contribution in [3.8, 4) is 5.75 Å². The van der Waals surface area contributed by atoms with Gasteiger partial charge in [0.1, 0.15) is 5.75 Å². The third-order valence-electron chi connectivity index (χ3n) is 3.08. The zero-order valence-electron chi connectivity index (χ0n) is 14.1. The predicted molar refractivity (Wildman–Crippen MR) is 86.4 cm³/mol. The van der Waals surface area contributed by atoms with Gasteiger partial charge in [-0.2, -0.15) is 0 Å². The minimum atomic E-state index is -0.991. The molecule has 0 bridgehead atoms. The molecule has 0 aliphatic rings. The van der Waals surface area contributed by atoms with Crippen molar-refractivity contribution >= 4 is 17.7 Å². The molecule has 1 aromatic rings. The van der Waals surface area contributed by atoms with Crippen molar-refractivity contribution in [1.82, 2.24) is 5.32 Å². The second kappa shape index (κ2) is 8.50. The van der Waals surface area contributed by atoms with Crippen LogP contribution in [0.25, 0.3) is 0 Å². The van der Waals surface area contributed by atoms with E-state index in [4.69, 9.17) is 14.2 Å². The minimum absolute atomic E-state index is 0.0221. The van der Waals surface area contributed by atoms with Crippen molar-refractivity contribution < 1.29 is 23.8 Å². The molecule has 2 amide bonds. The summed E-state index contributed by atoms with van der Waals surface area (Å²) in [5.41, 5.74) is 0.513. The molecule has 7 nitrogen and oxygen atoms in total. The van der Waals surface area contributed by atoms with Gasteiger partial charge in [-0.05, 0) is 32.9 Å². The normalized spacial score (nSPS) is 11.2. The summed E-state index contributed by atoms with van der Waals surface area (Å²) < 4.78 is 15.4. The Morgan fingerprint density at radius 2 is 1.87 bits per heavy atom. The molecule has 23 heavy (non-hydrogen) atoms. The number of amides is 2. The molecule has 0 aliphatic carbocycles. The van der Waals surface area contributed by atoms with Gasteiger partial charge in [0.25, 0.3) is 0 Å². The first-order chi connectivity index (χ1) is 10.8. The summed E-state index contributed by atoms with van der Waals surface area (Å²) in [4.78, 5) is 23.6. The average Bonchev–Trinajstić information content (AvgIpc) is 2.46. The number of hydrogen-bond acceptors (Lipinski definition) is 5. The van der Waals surface area contributed by atoms with E-state index in [-0.39, 0.29) is 18.4 Å². The van der Waals surface area contributed by atoms with Crippen LogP contribution in [0.15, 0.2) is 24.3 Å². The number of ether oxygens (including phenoxy) is 3. The van der Waals surface area contributed by atoms with Crippen molar-refractivity contribution in [1.29, 1.82) is 0 Å². The lowest BCUT2D eigenvalue weighted by molar-refractivity contribution is -0.196. The molecule has 7 heteroatoms.